The van der Waals surface area contributed by atoms with Gasteiger partial charge >= 0.3 is 0 Å². The first kappa shape index (κ1) is 14.5. The van der Waals surface area contributed by atoms with Crippen molar-refractivity contribution in [2.75, 3.05) is 19.7 Å². The molecule has 2 N–H and O–H groups in total. The van der Waals surface area contributed by atoms with Crippen molar-refractivity contribution in [3.8, 4) is 0 Å². The minimum Gasteiger partial charge on any atom is -0.376 e. The molecule has 2 aliphatic rings. The number of rotatable bonds is 4. The molecule has 4 nitrogen and oxygen atoms in total. The number of hydrogen-bond acceptors (Lipinski definition) is 3. The van der Waals surface area contributed by atoms with Gasteiger partial charge in [0.2, 0.25) is 0 Å². The second kappa shape index (κ2) is 6.58. The van der Waals surface area contributed by atoms with Crippen LogP contribution in [0.4, 0.5) is 0 Å². The highest BCUT2D eigenvalue weighted by atomic mass is 16.5. The number of benzene rings is 1. The van der Waals surface area contributed by atoms with E-state index in [1.807, 2.05) is 29.2 Å². The topological polar surface area (TPSA) is 55.6 Å². The molecule has 0 unspecified atom stereocenters. The molecule has 1 fully saturated rings. The van der Waals surface area contributed by atoms with Gasteiger partial charge in [-0.15, -0.1) is 0 Å². The number of nitrogens with two attached hydrogens (primary N) is 1. The second-order valence-electron chi connectivity index (χ2n) is 6.11. The van der Waals surface area contributed by atoms with E-state index in [1.54, 1.807) is 0 Å². The Labute approximate surface area is 126 Å². The number of carbonyl (C=O) groups is 1. The number of hydrogen-bond donors (Lipinski definition) is 1. The van der Waals surface area contributed by atoms with Crippen molar-refractivity contribution >= 4 is 5.91 Å². The zero-order valence-corrected chi connectivity index (χ0v) is 12.5. The highest BCUT2D eigenvalue weighted by Crippen LogP contribution is 2.21. The molecule has 21 heavy (non-hydrogen) atoms. The summed E-state index contributed by atoms with van der Waals surface area (Å²) in [6.45, 7) is 2.12. The molecule has 1 aromatic carbocycles. The zero-order valence-electron chi connectivity index (χ0n) is 12.5. The van der Waals surface area contributed by atoms with Gasteiger partial charge in [0.25, 0.3) is 5.91 Å². The van der Waals surface area contributed by atoms with Gasteiger partial charge in [0, 0.05) is 24.7 Å². The van der Waals surface area contributed by atoms with Gasteiger partial charge in [0.05, 0.1) is 12.7 Å². The van der Waals surface area contributed by atoms with Gasteiger partial charge in [0.1, 0.15) is 0 Å². The lowest BCUT2D eigenvalue weighted by atomic mass is 9.94. The molecular weight excluding hydrogens is 264 g/mol. The lowest BCUT2D eigenvalue weighted by Crippen LogP contribution is -2.40. The van der Waals surface area contributed by atoms with E-state index in [-0.39, 0.29) is 5.91 Å². The third-order valence-corrected chi connectivity index (χ3v) is 4.62. The minimum atomic E-state index is 0.145. The second-order valence-corrected chi connectivity index (χ2v) is 6.11. The first-order valence-electron chi connectivity index (χ1n) is 7.98. The Balaban J connectivity index is 1.47. The van der Waals surface area contributed by atoms with Crippen molar-refractivity contribution in [2.45, 2.75) is 44.2 Å². The van der Waals surface area contributed by atoms with Crippen LogP contribution in [-0.4, -0.2) is 42.6 Å². The molecule has 1 heterocycles. The van der Waals surface area contributed by atoms with Crippen molar-refractivity contribution in [1.29, 1.82) is 0 Å². The smallest absolute Gasteiger partial charge is 0.254 e. The average molecular weight is 288 g/mol. The first-order chi connectivity index (χ1) is 10.2. The number of fused-ring (bicyclic) bond motifs is 1. The third-order valence-electron chi connectivity index (χ3n) is 4.62. The molecule has 0 atom stereocenters. The summed E-state index contributed by atoms with van der Waals surface area (Å²) in [5.41, 5.74) is 7.92. The van der Waals surface area contributed by atoms with E-state index in [9.17, 15) is 4.79 Å². The predicted octanol–water partition coefficient (Wildman–Crippen LogP) is 1.97. The molecule has 3 rings (SSSR count). The summed E-state index contributed by atoms with van der Waals surface area (Å²) in [6.07, 6.45) is 5.49. The van der Waals surface area contributed by atoms with Crippen LogP contribution in [0, 0.1) is 0 Å². The van der Waals surface area contributed by atoms with Crippen LogP contribution in [0.25, 0.3) is 0 Å². The summed E-state index contributed by atoms with van der Waals surface area (Å²) >= 11 is 0. The molecule has 0 radical (unpaired) electrons. The fourth-order valence-electron chi connectivity index (χ4n) is 3.27. The van der Waals surface area contributed by atoms with Crippen molar-refractivity contribution in [3.05, 3.63) is 35.4 Å². The zero-order chi connectivity index (χ0) is 14.7. The van der Waals surface area contributed by atoms with Crippen molar-refractivity contribution in [1.82, 2.24) is 4.90 Å². The van der Waals surface area contributed by atoms with Crippen LogP contribution in [0.2, 0.25) is 0 Å². The Hall–Kier alpha value is -1.39. The monoisotopic (exact) mass is 288 g/mol. The molecule has 4 heteroatoms. The molecule has 0 spiro atoms. The van der Waals surface area contributed by atoms with E-state index in [2.05, 4.69) is 0 Å². The lowest BCUT2D eigenvalue weighted by molar-refractivity contribution is 0.0128. The molecule has 1 aromatic rings. The molecule has 114 valence electrons. The standard InChI is InChI=1S/C17H24N2O2/c18-14-5-7-15(8-6-14)21-12-11-19-10-9-13-3-1-2-4-16(13)17(19)20/h1-4,14-15H,5-12,18H2. The summed E-state index contributed by atoms with van der Waals surface area (Å²) in [5.74, 6) is 0.145. The molecule has 1 aliphatic heterocycles. The van der Waals surface area contributed by atoms with Gasteiger partial charge in [-0.3, -0.25) is 4.79 Å². The Bertz CT molecular complexity index is 495. The number of amides is 1. The Morgan fingerprint density at radius 1 is 1.19 bits per heavy atom. The van der Waals surface area contributed by atoms with Gasteiger partial charge < -0.3 is 15.4 Å². The molecular formula is C17H24N2O2. The van der Waals surface area contributed by atoms with Gasteiger partial charge in [0.15, 0.2) is 0 Å². The SMILES string of the molecule is NC1CCC(OCCN2CCc3ccccc3C2=O)CC1. The minimum absolute atomic E-state index is 0.145. The molecule has 1 saturated carbocycles. The van der Waals surface area contributed by atoms with Crippen LogP contribution >= 0.6 is 0 Å². The van der Waals surface area contributed by atoms with Crippen LogP contribution in [-0.2, 0) is 11.2 Å². The fourth-order valence-corrected chi connectivity index (χ4v) is 3.27. The van der Waals surface area contributed by atoms with Crippen LogP contribution < -0.4 is 5.73 Å². The highest BCUT2D eigenvalue weighted by Gasteiger charge is 2.24. The van der Waals surface area contributed by atoms with Crippen molar-refractivity contribution in [3.63, 3.8) is 0 Å². The van der Waals surface area contributed by atoms with Gasteiger partial charge in [-0.2, -0.15) is 0 Å². The van der Waals surface area contributed by atoms with Crippen molar-refractivity contribution in [2.24, 2.45) is 5.73 Å². The molecule has 1 aliphatic carbocycles. The molecule has 0 saturated heterocycles. The average Bonchev–Trinajstić information content (AvgIpc) is 2.52. The maximum Gasteiger partial charge on any atom is 0.254 e. The molecule has 0 aromatic heterocycles. The normalized spacial score (nSPS) is 25.8. The van der Waals surface area contributed by atoms with Gasteiger partial charge in [-0.05, 0) is 43.7 Å². The maximum atomic E-state index is 12.4. The number of nitrogens with zero attached hydrogens (tertiary/aromatic N) is 1. The Morgan fingerprint density at radius 3 is 2.76 bits per heavy atom. The summed E-state index contributed by atoms with van der Waals surface area (Å²) in [5, 5.41) is 0. The van der Waals surface area contributed by atoms with Gasteiger partial charge in [-0.25, -0.2) is 0 Å². The largest absolute Gasteiger partial charge is 0.376 e. The fraction of sp³-hybridized carbons (Fsp3) is 0.588. The molecule has 1 amide bonds. The predicted molar refractivity (Wildman–Crippen MR) is 82.2 cm³/mol. The first-order valence-corrected chi connectivity index (χ1v) is 7.98. The number of ether oxygens (including phenoxy) is 1. The Morgan fingerprint density at radius 2 is 1.95 bits per heavy atom. The summed E-state index contributed by atoms with van der Waals surface area (Å²) < 4.78 is 5.92. The van der Waals surface area contributed by atoms with E-state index in [0.717, 1.165) is 44.2 Å². The number of carbonyl (C=O) groups excluding carboxylic acids is 1. The van der Waals surface area contributed by atoms with Gasteiger partial charge in [-0.1, -0.05) is 18.2 Å². The van der Waals surface area contributed by atoms with E-state index in [4.69, 9.17) is 10.5 Å². The van der Waals surface area contributed by atoms with Crippen LogP contribution in [0.1, 0.15) is 41.6 Å². The maximum absolute atomic E-state index is 12.4. The quantitative estimate of drug-likeness (QED) is 0.921. The third kappa shape index (κ3) is 3.44. The van der Waals surface area contributed by atoms with Crippen LogP contribution in [0.3, 0.4) is 0 Å². The summed E-state index contributed by atoms with van der Waals surface area (Å²) in [4.78, 5) is 14.3. The summed E-state index contributed by atoms with van der Waals surface area (Å²) in [6, 6.07) is 8.25. The van der Waals surface area contributed by atoms with Crippen LogP contribution in [0.5, 0.6) is 0 Å². The highest BCUT2D eigenvalue weighted by molar-refractivity contribution is 5.96. The van der Waals surface area contributed by atoms with E-state index in [0.29, 0.717) is 25.3 Å². The van der Waals surface area contributed by atoms with Crippen LogP contribution in [0.15, 0.2) is 24.3 Å². The van der Waals surface area contributed by atoms with E-state index < -0.39 is 0 Å². The molecule has 0 bridgehead atoms. The summed E-state index contributed by atoms with van der Waals surface area (Å²) in [7, 11) is 0. The van der Waals surface area contributed by atoms with E-state index >= 15 is 0 Å². The Kier molecular flexibility index (Phi) is 4.56. The lowest BCUT2D eigenvalue weighted by Gasteiger charge is -2.30. The van der Waals surface area contributed by atoms with Crippen molar-refractivity contribution < 1.29 is 9.53 Å². The van der Waals surface area contributed by atoms with E-state index in [1.165, 1.54) is 5.56 Å².